The van der Waals surface area contributed by atoms with Crippen molar-refractivity contribution in [3.63, 3.8) is 0 Å². The largest absolute Gasteiger partial charge is 0.352 e. The molecule has 3 rings (SSSR count). The van der Waals surface area contributed by atoms with E-state index in [1.54, 1.807) is 11.0 Å². The molecule has 2 bridgehead atoms. The number of benzene rings is 1. The summed E-state index contributed by atoms with van der Waals surface area (Å²) in [7, 11) is 0. The van der Waals surface area contributed by atoms with E-state index in [2.05, 4.69) is 25.2 Å². The van der Waals surface area contributed by atoms with Crippen molar-refractivity contribution in [3.8, 4) is 11.9 Å². The minimum Gasteiger partial charge on any atom is -0.352 e. The molecule has 2 saturated carbocycles. The standard InChI is InChI=1S/C19H23ClFN3O/c1-12(2)7-19(23-25-18-6-5-15(20)10-16(18)21)24(11-22)17-9-13-3-4-14(17)8-13/h5-6,10,12-14,17H,3-4,7-9H2,1-2H3/b23-19+. The molecule has 0 spiro atoms. The highest BCUT2D eigenvalue weighted by Crippen LogP contribution is 2.46. The number of hydrogen-bond donors (Lipinski definition) is 0. The van der Waals surface area contributed by atoms with Crippen molar-refractivity contribution in [1.82, 2.24) is 4.90 Å². The molecular weight excluding hydrogens is 341 g/mol. The molecule has 0 radical (unpaired) electrons. The van der Waals surface area contributed by atoms with Crippen LogP contribution >= 0.6 is 11.6 Å². The van der Waals surface area contributed by atoms with Gasteiger partial charge in [-0.3, -0.25) is 4.90 Å². The summed E-state index contributed by atoms with van der Waals surface area (Å²) in [4.78, 5) is 7.04. The summed E-state index contributed by atoms with van der Waals surface area (Å²) in [5.74, 6) is 1.60. The molecule has 0 amide bonds. The molecule has 0 heterocycles. The van der Waals surface area contributed by atoms with E-state index in [4.69, 9.17) is 16.4 Å². The number of amidine groups is 1. The van der Waals surface area contributed by atoms with Crippen molar-refractivity contribution in [2.45, 2.75) is 52.0 Å². The van der Waals surface area contributed by atoms with Crippen molar-refractivity contribution < 1.29 is 9.23 Å². The maximum absolute atomic E-state index is 13.9. The van der Waals surface area contributed by atoms with E-state index in [1.807, 2.05) is 0 Å². The van der Waals surface area contributed by atoms with Gasteiger partial charge in [-0.2, -0.15) is 5.26 Å². The summed E-state index contributed by atoms with van der Waals surface area (Å²) in [5.41, 5.74) is 0. The first kappa shape index (κ1) is 18.0. The molecule has 0 N–H and O–H groups in total. The second kappa shape index (κ2) is 7.61. The fourth-order valence-corrected chi connectivity index (χ4v) is 4.21. The second-order valence-electron chi connectivity index (χ2n) is 7.48. The van der Waals surface area contributed by atoms with Crippen molar-refractivity contribution in [2.24, 2.45) is 22.9 Å². The second-order valence-corrected chi connectivity index (χ2v) is 7.92. The van der Waals surface area contributed by atoms with Crippen molar-refractivity contribution in [2.75, 3.05) is 0 Å². The van der Waals surface area contributed by atoms with Gasteiger partial charge in [0.05, 0.1) is 0 Å². The highest BCUT2D eigenvalue weighted by Gasteiger charge is 2.43. The zero-order valence-electron chi connectivity index (χ0n) is 14.6. The first-order valence-electron chi connectivity index (χ1n) is 8.85. The quantitative estimate of drug-likeness (QED) is 0.238. The molecule has 3 atom stereocenters. The normalized spacial score (nSPS) is 25.3. The molecule has 2 aliphatic rings. The fourth-order valence-electron chi connectivity index (χ4n) is 4.05. The molecule has 2 fully saturated rings. The topological polar surface area (TPSA) is 48.6 Å². The van der Waals surface area contributed by atoms with Crippen LogP contribution in [0.5, 0.6) is 5.75 Å². The van der Waals surface area contributed by atoms with E-state index in [0.717, 1.165) is 12.3 Å². The smallest absolute Gasteiger partial charge is 0.193 e. The average Bonchev–Trinajstić information content (AvgIpc) is 3.17. The van der Waals surface area contributed by atoms with Crippen LogP contribution in [0.2, 0.25) is 5.02 Å². The summed E-state index contributed by atoms with van der Waals surface area (Å²) < 4.78 is 13.9. The van der Waals surface area contributed by atoms with Crippen molar-refractivity contribution >= 4 is 17.4 Å². The Balaban J connectivity index is 1.81. The van der Waals surface area contributed by atoms with Gasteiger partial charge in [0.25, 0.3) is 0 Å². The van der Waals surface area contributed by atoms with Gasteiger partial charge in [-0.15, -0.1) is 0 Å². The Hall–Kier alpha value is -1.80. The van der Waals surface area contributed by atoms with E-state index < -0.39 is 5.82 Å². The maximum atomic E-state index is 13.9. The molecule has 6 heteroatoms. The summed E-state index contributed by atoms with van der Waals surface area (Å²) in [6, 6.07) is 4.38. The van der Waals surface area contributed by atoms with Gasteiger partial charge in [-0.1, -0.05) is 37.0 Å². The Morgan fingerprint density at radius 1 is 1.44 bits per heavy atom. The van der Waals surface area contributed by atoms with Crippen LogP contribution in [-0.2, 0) is 0 Å². The predicted octanol–water partition coefficient (Wildman–Crippen LogP) is 5.19. The maximum Gasteiger partial charge on any atom is 0.193 e. The molecule has 134 valence electrons. The molecule has 4 nitrogen and oxygen atoms in total. The molecule has 0 aliphatic heterocycles. The third-order valence-corrected chi connectivity index (χ3v) is 5.39. The van der Waals surface area contributed by atoms with Crippen LogP contribution in [-0.4, -0.2) is 16.8 Å². The first-order chi connectivity index (χ1) is 12.0. The number of halogens is 2. The zero-order chi connectivity index (χ0) is 18.0. The molecule has 1 aromatic carbocycles. The fraction of sp³-hybridized carbons (Fsp3) is 0.579. The zero-order valence-corrected chi connectivity index (χ0v) is 15.3. The van der Waals surface area contributed by atoms with Gasteiger partial charge >= 0.3 is 0 Å². The number of oxime groups is 1. The SMILES string of the molecule is CC(C)C/C(=N\Oc1ccc(Cl)cc1F)N(C#N)C1CC2CCC1C2. The van der Waals surface area contributed by atoms with E-state index >= 15 is 0 Å². The lowest BCUT2D eigenvalue weighted by Crippen LogP contribution is -2.40. The van der Waals surface area contributed by atoms with E-state index in [1.165, 1.54) is 31.4 Å². The van der Waals surface area contributed by atoms with Crippen LogP contribution in [0.25, 0.3) is 0 Å². The van der Waals surface area contributed by atoms with Crippen LogP contribution in [0.1, 0.15) is 46.0 Å². The van der Waals surface area contributed by atoms with E-state index in [0.29, 0.717) is 29.1 Å². The Morgan fingerprint density at radius 2 is 2.24 bits per heavy atom. The lowest BCUT2D eigenvalue weighted by atomic mass is 9.93. The molecule has 2 aliphatic carbocycles. The molecule has 3 unspecified atom stereocenters. The number of nitrogens with zero attached hydrogens (tertiary/aromatic N) is 3. The Morgan fingerprint density at radius 3 is 2.80 bits per heavy atom. The van der Waals surface area contributed by atoms with E-state index in [9.17, 15) is 9.65 Å². The van der Waals surface area contributed by atoms with Gasteiger partial charge in [0.15, 0.2) is 23.6 Å². The van der Waals surface area contributed by atoms with Crippen LogP contribution < -0.4 is 4.84 Å². The molecule has 25 heavy (non-hydrogen) atoms. The van der Waals surface area contributed by atoms with Gasteiger partial charge in [0.1, 0.15) is 0 Å². The summed E-state index contributed by atoms with van der Waals surface area (Å²) >= 11 is 5.76. The van der Waals surface area contributed by atoms with Crippen LogP contribution in [0, 0.1) is 35.0 Å². The van der Waals surface area contributed by atoms with Crippen LogP contribution in [0.4, 0.5) is 4.39 Å². The third-order valence-electron chi connectivity index (χ3n) is 5.15. The Labute approximate surface area is 153 Å². The van der Waals surface area contributed by atoms with E-state index in [-0.39, 0.29) is 11.8 Å². The lowest BCUT2D eigenvalue weighted by Gasteiger charge is -2.31. The minimum absolute atomic E-state index is 0.0106. The predicted molar refractivity (Wildman–Crippen MR) is 95.6 cm³/mol. The van der Waals surface area contributed by atoms with Crippen LogP contribution in [0.3, 0.4) is 0 Å². The molecule has 1 aromatic rings. The molecule has 0 aromatic heterocycles. The average molecular weight is 364 g/mol. The molecule has 0 saturated heterocycles. The summed E-state index contributed by atoms with van der Waals surface area (Å²) in [5, 5.41) is 14.2. The van der Waals surface area contributed by atoms with Gasteiger partial charge in [0.2, 0.25) is 0 Å². The molecular formula is C19H23ClFN3O. The highest BCUT2D eigenvalue weighted by molar-refractivity contribution is 6.30. The Kier molecular flexibility index (Phi) is 5.48. The van der Waals surface area contributed by atoms with Crippen LogP contribution in [0.15, 0.2) is 23.4 Å². The minimum atomic E-state index is -0.566. The highest BCUT2D eigenvalue weighted by atomic mass is 35.5. The summed E-state index contributed by atoms with van der Waals surface area (Å²) in [6.45, 7) is 4.13. The van der Waals surface area contributed by atoms with Gasteiger partial charge in [-0.25, -0.2) is 4.39 Å². The lowest BCUT2D eigenvalue weighted by molar-refractivity contribution is 0.261. The number of rotatable bonds is 5. The number of fused-ring (bicyclic) bond motifs is 2. The monoisotopic (exact) mass is 363 g/mol. The van der Waals surface area contributed by atoms with Crippen molar-refractivity contribution in [3.05, 3.63) is 29.0 Å². The Bertz CT molecular complexity index is 700. The summed E-state index contributed by atoms with van der Waals surface area (Å²) in [6.07, 6.45) is 7.58. The third kappa shape index (κ3) is 4.07. The van der Waals surface area contributed by atoms with Gasteiger partial charge < -0.3 is 4.84 Å². The number of nitriles is 1. The number of hydrogen-bond acceptors (Lipinski definition) is 3. The first-order valence-corrected chi connectivity index (χ1v) is 9.23. The van der Waals surface area contributed by atoms with Crippen molar-refractivity contribution in [1.29, 1.82) is 5.26 Å². The van der Waals surface area contributed by atoms with Gasteiger partial charge in [-0.05, 0) is 55.2 Å². The van der Waals surface area contributed by atoms with Gasteiger partial charge in [0, 0.05) is 17.5 Å².